The van der Waals surface area contributed by atoms with E-state index >= 15 is 0 Å². The highest BCUT2D eigenvalue weighted by Gasteiger charge is 2.38. The zero-order valence-corrected chi connectivity index (χ0v) is 14.0. The lowest BCUT2D eigenvalue weighted by molar-refractivity contribution is -0.159. The van der Waals surface area contributed by atoms with E-state index in [1.165, 1.54) is 7.11 Å². The van der Waals surface area contributed by atoms with Crippen LogP contribution in [0.15, 0.2) is 28.8 Å². The third-order valence-corrected chi connectivity index (χ3v) is 3.88. The average Bonchev–Trinajstić information content (AvgIpc) is 3.23. The molecule has 6 nitrogen and oxygen atoms in total. The molecular formula is C15H15F3N4O2S. The number of halogens is 3. The first-order valence-electron chi connectivity index (χ1n) is 7.49. The van der Waals surface area contributed by atoms with E-state index in [1.54, 1.807) is 29.3 Å². The van der Waals surface area contributed by atoms with Gasteiger partial charge in [-0.3, -0.25) is 4.84 Å². The molecule has 0 bridgehead atoms. The van der Waals surface area contributed by atoms with Crippen LogP contribution < -0.4 is 5.32 Å². The van der Waals surface area contributed by atoms with Crippen LogP contribution in [0, 0.1) is 0 Å². The molecule has 1 heterocycles. The lowest BCUT2D eigenvalue weighted by Crippen LogP contribution is -2.39. The van der Waals surface area contributed by atoms with Gasteiger partial charge in [0.15, 0.2) is 5.11 Å². The molecule has 1 aliphatic carbocycles. The summed E-state index contributed by atoms with van der Waals surface area (Å²) in [6.45, 7) is 0.398. The average molecular weight is 372 g/mol. The molecule has 0 aliphatic heterocycles. The molecule has 0 radical (unpaired) electrons. The first-order chi connectivity index (χ1) is 11.9. The van der Waals surface area contributed by atoms with Crippen molar-refractivity contribution in [3.63, 3.8) is 0 Å². The van der Waals surface area contributed by atoms with Crippen LogP contribution in [0.1, 0.15) is 24.3 Å². The summed E-state index contributed by atoms with van der Waals surface area (Å²) in [7, 11) is 1.52. The van der Waals surface area contributed by atoms with Gasteiger partial charge in [0.1, 0.15) is 0 Å². The Bertz CT molecular complexity index is 744. The van der Waals surface area contributed by atoms with Crippen LogP contribution in [-0.4, -0.2) is 33.5 Å². The van der Waals surface area contributed by atoms with Crippen molar-refractivity contribution >= 4 is 17.3 Å². The fraction of sp³-hybridized carbons (Fsp3) is 0.400. The predicted octanol–water partition coefficient (Wildman–Crippen LogP) is 3.16. The lowest BCUT2D eigenvalue weighted by Gasteiger charge is -2.23. The summed E-state index contributed by atoms with van der Waals surface area (Å²) in [6, 6.07) is 7.13. The molecule has 10 heteroatoms. The van der Waals surface area contributed by atoms with Gasteiger partial charge in [-0.2, -0.15) is 18.2 Å². The molecule has 1 fully saturated rings. The van der Waals surface area contributed by atoms with Crippen molar-refractivity contribution in [1.82, 2.24) is 20.5 Å². The van der Waals surface area contributed by atoms with Gasteiger partial charge >= 0.3 is 12.1 Å². The minimum atomic E-state index is -4.66. The quantitative estimate of drug-likeness (QED) is 0.639. The Morgan fingerprint density at radius 1 is 1.36 bits per heavy atom. The maximum atomic E-state index is 12.5. The van der Waals surface area contributed by atoms with Gasteiger partial charge in [-0.05, 0) is 30.6 Å². The van der Waals surface area contributed by atoms with Crippen LogP contribution in [0.3, 0.4) is 0 Å². The molecule has 0 spiro atoms. The molecule has 1 aromatic heterocycles. The summed E-state index contributed by atoms with van der Waals surface area (Å²) in [5.74, 6) is -1.48. The Labute approximate surface area is 146 Å². The largest absolute Gasteiger partial charge is 0.471 e. The maximum Gasteiger partial charge on any atom is 0.471 e. The molecule has 1 aliphatic rings. The van der Waals surface area contributed by atoms with Crippen molar-refractivity contribution < 1.29 is 22.5 Å². The van der Waals surface area contributed by atoms with E-state index in [1.807, 2.05) is 0 Å². The second-order valence-electron chi connectivity index (χ2n) is 5.56. The first kappa shape index (κ1) is 17.6. The molecule has 0 amide bonds. The summed E-state index contributed by atoms with van der Waals surface area (Å²) in [5.41, 5.74) is 1.29. The monoisotopic (exact) mass is 372 g/mol. The number of alkyl halides is 3. The zero-order valence-electron chi connectivity index (χ0n) is 13.2. The summed E-state index contributed by atoms with van der Waals surface area (Å²) in [6.07, 6.45) is -2.47. The minimum Gasteiger partial charge on any atom is -0.358 e. The lowest BCUT2D eigenvalue weighted by atomic mass is 10.1. The molecule has 1 aromatic carbocycles. The first-order valence-corrected chi connectivity index (χ1v) is 7.90. The number of thiocarbonyl (C=S) groups is 1. The molecule has 1 saturated carbocycles. The highest BCUT2D eigenvalue weighted by Crippen LogP contribution is 2.29. The molecule has 0 saturated heterocycles. The van der Waals surface area contributed by atoms with Crippen LogP contribution in [0.5, 0.6) is 0 Å². The topological polar surface area (TPSA) is 63.4 Å². The van der Waals surface area contributed by atoms with Crippen molar-refractivity contribution in [2.75, 3.05) is 7.11 Å². The van der Waals surface area contributed by atoms with Crippen LogP contribution in [0.2, 0.25) is 0 Å². The van der Waals surface area contributed by atoms with Crippen molar-refractivity contribution in [3.05, 3.63) is 35.7 Å². The molecule has 0 atom stereocenters. The van der Waals surface area contributed by atoms with Crippen LogP contribution in [0.25, 0.3) is 11.4 Å². The predicted molar refractivity (Wildman–Crippen MR) is 86.0 cm³/mol. The number of benzene rings is 1. The fourth-order valence-corrected chi connectivity index (χ4v) is 2.38. The third kappa shape index (κ3) is 4.45. The van der Waals surface area contributed by atoms with E-state index in [0.29, 0.717) is 23.3 Å². The zero-order chi connectivity index (χ0) is 18.0. The van der Waals surface area contributed by atoms with Gasteiger partial charge in [-0.1, -0.05) is 29.4 Å². The smallest absolute Gasteiger partial charge is 0.358 e. The maximum absolute atomic E-state index is 12.5. The van der Waals surface area contributed by atoms with Crippen molar-refractivity contribution in [3.8, 4) is 11.4 Å². The summed E-state index contributed by atoms with van der Waals surface area (Å²) < 4.78 is 41.7. The van der Waals surface area contributed by atoms with Crippen molar-refractivity contribution in [2.45, 2.75) is 31.6 Å². The highest BCUT2D eigenvalue weighted by molar-refractivity contribution is 7.80. The van der Waals surface area contributed by atoms with E-state index in [2.05, 4.69) is 20.0 Å². The number of hydrogen-bond acceptors (Lipinski definition) is 5. The van der Waals surface area contributed by atoms with Crippen LogP contribution in [-0.2, 0) is 17.6 Å². The second-order valence-corrected chi connectivity index (χ2v) is 5.95. The Kier molecular flexibility index (Phi) is 4.91. The van der Waals surface area contributed by atoms with E-state index < -0.39 is 12.1 Å². The van der Waals surface area contributed by atoms with Crippen LogP contribution >= 0.6 is 12.2 Å². The molecule has 3 rings (SSSR count). The van der Waals surface area contributed by atoms with Gasteiger partial charge in [0.25, 0.3) is 0 Å². The fourth-order valence-electron chi connectivity index (χ4n) is 2.07. The van der Waals surface area contributed by atoms with Crippen LogP contribution in [0.4, 0.5) is 13.2 Å². The Balaban J connectivity index is 1.67. The SMILES string of the molecule is CON(Cc1ccc(-c2noc(C(F)(F)F)n2)cc1)C(=S)NC1CC1. The normalized spacial score (nSPS) is 14.4. The van der Waals surface area contributed by atoms with E-state index in [-0.39, 0.29) is 5.82 Å². The van der Waals surface area contributed by atoms with Gasteiger partial charge in [-0.15, -0.1) is 0 Å². The summed E-state index contributed by atoms with van der Waals surface area (Å²) in [5, 5.41) is 8.57. The molecule has 0 unspecified atom stereocenters. The number of rotatable bonds is 5. The minimum absolute atomic E-state index is 0.117. The van der Waals surface area contributed by atoms with Gasteiger partial charge < -0.3 is 9.84 Å². The standard InChI is InChI=1S/C15H15F3N4O2S/c1-23-22(14(25)19-11-6-7-11)8-9-2-4-10(5-3-9)12-20-13(24-21-12)15(16,17)18/h2-5,11H,6-8H2,1H3,(H,19,25). The summed E-state index contributed by atoms with van der Waals surface area (Å²) >= 11 is 5.28. The van der Waals surface area contributed by atoms with Gasteiger partial charge in [0, 0.05) is 11.6 Å². The molecule has 134 valence electrons. The van der Waals surface area contributed by atoms with Crippen molar-refractivity contribution in [2.24, 2.45) is 0 Å². The Morgan fingerprint density at radius 3 is 2.56 bits per heavy atom. The van der Waals surface area contributed by atoms with Gasteiger partial charge in [0.05, 0.1) is 13.7 Å². The summed E-state index contributed by atoms with van der Waals surface area (Å²) in [4.78, 5) is 8.62. The highest BCUT2D eigenvalue weighted by atomic mass is 32.1. The number of nitrogens with one attached hydrogen (secondary N) is 1. The second kappa shape index (κ2) is 6.96. The molecular weight excluding hydrogens is 357 g/mol. The number of aromatic nitrogens is 2. The molecule has 2 aromatic rings. The van der Waals surface area contributed by atoms with Crippen molar-refractivity contribution in [1.29, 1.82) is 0 Å². The van der Waals surface area contributed by atoms with E-state index in [4.69, 9.17) is 17.1 Å². The number of hydroxylamine groups is 2. The Morgan fingerprint density at radius 2 is 2.04 bits per heavy atom. The van der Waals surface area contributed by atoms with E-state index in [0.717, 1.165) is 18.4 Å². The van der Waals surface area contributed by atoms with Gasteiger partial charge in [-0.25, -0.2) is 5.06 Å². The molecule has 25 heavy (non-hydrogen) atoms. The van der Waals surface area contributed by atoms with Gasteiger partial charge in [0.2, 0.25) is 5.82 Å². The third-order valence-electron chi connectivity index (χ3n) is 3.56. The Hall–Kier alpha value is -2.20. The molecule has 1 N–H and O–H groups in total. The number of hydrogen-bond donors (Lipinski definition) is 1. The van der Waals surface area contributed by atoms with E-state index in [9.17, 15) is 13.2 Å². The number of nitrogens with zero attached hydrogens (tertiary/aromatic N) is 3.